The lowest BCUT2D eigenvalue weighted by molar-refractivity contribution is 0.101. The first-order valence-corrected chi connectivity index (χ1v) is 8.65. The van der Waals surface area contributed by atoms with Gasteiger partial charge in [-0.15, -0.1) is 11.3 Å². The normalized spacial score (nSPS) is 11.1. The van der Waals surface area contributed by atoms with Crippen molar-refractivity contribution in [1.82, 2.24) is 9.55 Å². The number of aryl methyl sites for hydroxylation is 1. The summed E-state index contributed by atoms with van der Waals surface area (Å²) in [6.07, 6.45) is 0. The Morgan fingerprint density at radius 3 is 2.87 bits per heavy atom. The van der Waals surface area contributed by atoms with Crippen LogP contribution in [0.25, 0.3) is 10.2 Å². The van der Waals surface area contributed by atoms with Crippen LogP contribution in [0.4, 0.5) is 4.39 Å². The van der Waals surface area contributed by atoms with E-state index in [1.165, 1.54) is 34.1 Å². The van der Waals surface area contributed by atoms with E-state index in [0.29, 0.717) is 15.4 Å². The average molecular weight is 348 g/mol. The van der Waals surface area contributed by atoms with Gasteiger partial charge in [-0.3, -0.25) is 14.2 Å². The molecule has 0 aliphatic heterocycles. The molecular formula is C16H13FN2O2S2. The predicted molar refractivity (Wildman–Crippen MR) is 91.1 cm³/mol. The number of rotatable bonds is 4. The van der Waals surface area contributed by atoms with Gasteiger partial charge in [-0.05, 0) is 25.1 Å². The Morgan fingerprint density at radius 2 is 2.13 bits per heavy atom. The van der Waals surface area contributed by atoms with Crippen molar-refractivity contribution < 1.29 is 9.18 Å². The molecule has 0 spiro atoms. The summed E-state index contributed by atoms with van der Waals surface area (Å²) >= 11 is 2.58. The summed E-state index contributed by atoms with van der Waals surface area (Å²) in [5.41, 5.74) is -0.0850. The van der Waals surface area contributed by atoms with Gasteiger partial charge >= 0.3 is 0 Å². The van der Waals surface area contributed by atoms with Crippen LogP contribution in [-0.2, 0) is 7.05 Å². The minimum Gasteiger partial charge on any atom is -0.293 e. The molecule has 1 aromatic carbocycles. The fraction of sp³-hybridized carbons (Fsp3) is 0.188. The molecule has 0 aliphatic carbocycles. The number of Topliss-reactive ketones (excluding diaryl/α,β-unsaturated/α-hetero) is 1. The zero-order valence-electron chi connectivity index (χ0n) is 12.5. The highest BCUT2D eigenvalue weighted by molar-refractivity contribution is 7.99. The third-order valence-electron chi connectivity index (χ3n) is 3.36. The minimum absolute atomic E-state index is 0.0249. The van der Waals surface area contributed by atoms with Gasteiger partial charge in [0.2, 0.25) is 0 Å². The lowest BCUT2D eigenvalue weighted by Crippen LogP contribution is -2.19. The molecule has 23 heavy (non-hydrogen) atoms. The predicted octanol–water partition coefficient (Wildman–Crippen LogP) is 3.42. The molecule has 3 rings (SSSR count). The van der Waals surface area contributed by atoms with E-state index in [1.807, 2.05) is 13.0 Å². The first-order chi connectivity index (χ1) is 11.0. The zero-order valence-corrected chi connectivity index (χ0v) is 14.1. The molecule has 118 valence electrons. The fourth-order valence-electron chi connectivity index (χ4n) is 2.19. The SMILES string of the molecule is Cc1cc2c(=O)n(C)c(SCC(=O)c3ccccc3F)nc2s1. The molecule has 0 amide bonds. The summed E-state index contributed by atoms with van der Waals surface area (Å²) in [5.74, 6) is -0.842. The monoisotopic (exact) mass is 348 g/mol. The van der Waals surface area contributed by atoms with Crippen molar-refractivity contribution in [3.05, 3.63) is 56.9 Å². The average Bonchev–Trinajstić information content (AvgIpc) is 2.90. The highest BCUT2D eigenvalue weighted by Gasteiger charge is 2.15. The Bertz CT molecular complexity index is 962. The topological polar surface area (TPSA) is 52.0 Å². The molecular weight excluding hydrogens is 335 g/mol. The number of hydrogen-bond donors (Lipinski definition) is 0. The molecule has 3 aromatic rings. The van der Waals surface area contributed by atoms with Crippen molar-refractivity contribution >= 4 is 39.1 Å². The molecule has 0 unspecified atom stereocenters. The van der Waals surface area contributed by atoms with Crippen LogP contribution in [0.1, 0.15) is 15.2 Å². The Morgan fingerprint density at radius 1 is 1.39 bits per heavy atom. The second-order valence-corrected chi connectivity index (χ2v) is 7.20. The summed E-state index contributed by atoms with van der Waals surface area (Å²) in [7, 11) is 1.62. The minimum atomic E-state index is -0.538. The van der Waals surface area contributed by atoms with Gasteiger partial charge in [0.25, 0.3) is 5.56 Å². The van der Waals surface area contributed by atoms with E-state index in [-0.39, 0.29) is 22.7 Å². The van der Waals surface area contributed by atoms with Crippen molar-refractivity contribution in [2.45, 2.75) is 12.1 Å². The highest BCUT2D eigenvalue weighted by Crippen LogP contribution is 2.24. The van der Waals surface area contributed by atoms with E-state index in [4.69, 9.17) is 0 Å². The van der Waals surface area contributed by atoms with Gasteiger partial charge in [0.15, 0.2) is 10.9 Å². The lowest BCUT2D eigenvalue weighted by Gasteiger charge is -2.07. The molecule has 2 aromatic heterocycles. The third kappa shape index (κ3) is 3.07. The van der Waals surface area contributed by atoms with Crippen LogP contribution in [0.5, 0.6) is 0 Å². The number of halogens is 1. The van der Waals surface area contributed by atoms with Crippen molar-refractivity contribution in [1.29, 1.82) is 0 Å². The van der Waals surface area contributed by atoms with Gasteiger partial charge in [-0.2, -0.15) is 0 Å². The van der Waals surface area contributed by atoms with E-state index in [0.717, 1.165) is 16.6 Å². The van der Waals surface area contributed by atoms with E-state index < -0.39 is 5.82 Å². The van der Waals surface area contributed by atoms with Crippen molar-refractivity contribution in [2.24, 2.45) is 7.05 Å². The largest absolute Gasteiger partial charge is 0.293 e. The van der Waals surface area contributed by atoms with Crippen LogP contribution in [0, 0.1) is 12.7 Å². The number of carbonyl (C=O) groups is 1. The number of thiophene rings is 1. The molecule has 0 saturated heterocycles. The van der Waals surface area contributed by atoms with Gasteiger partial charge in [-0.1, -0.05) is 23.9 Å². The Hall–Kier alpha value is -1.99. The van der Waals surface area contributed by atoms with E-state index >= 15 is 0 Å². The Kier molecular flexibility index (Phi) is 4.32. The van der Waals surface area contributed by atoms with Gasteiger partial charge in [0.05, 0.1) is 16.7 Å². The lowest BCUT2D eigenvalue weighted by atomic mass is 10.1. The van der Waals surface area contributed by atoms with E-state index in [2.05, 4.69) is 4.98 Å². The first-order valence-electron chi connectivity index (χ1n) is 6.85. The van der Waals surface area contributed by atoms with Gasteiger partial charge < -0.3 is 0 Å². The first kappa shape index (κ1) is 15.9. The second kappa shape index (κ2) is 6.25. The highest BCUT2D eigenvalue weighted by atomic mass is 32.2. The molecule has 0 saturated carbocycles. The zero-order chi connectivity index (χ0) is 16.6. The third-order valence-corrected chi connectivity index (χ3v) is 5.34. The molecule has 0 radical (unpaired) electrons. The van der Waals surface area contributed by atoms with Gasteiger partial charge in [0, 0.05) is 11.9 Å². The summed E-state index contributed by atoms with van der Waals surface area (Å²) < 4.78 is 15.0. The second-order valence-electron chi connectivity index (χ2n) is 5.03. The number of ketones is 1. The summed E-state index contributed by atoms with van der Waals surface area (Å²) in [4.78, 5) is 30.5. The number of aromatic nitrogens is 2. The van der Waals surface area contributed by atoms with Crippen LogP contribution in [-0.4, -0.2) is 21.1 Å². The Labute approximate surface area is 140 Å². The molecule has 2 heterocycles. The fourth-order valence-corrected chi connectivity index (χ4v) is 3.97. The summed E-state index contributed by atoms with van der Waals surface area (Å²) in [6.45, 7) is 1.92. The Balaban J connectivity index is 1.87. The number of hydrogen-bond acceptors (Lipinski definition) is 5. The quantitative estimate of drug-likeness (QED) is 0.412. The standard InChI is InChI=1S/C16H13FN2O2S2/c1-9-7-11-14(23-9)18-16(19(2)15(11)21)22-8-13(20)10-5-3-4-6-12(10)17/h3-7H,8H2,1-2H3. The van der Waals surface area contributed by atoms with Crippen LogP contribution >= 0.6 is 23.1 Å². The van der Waals surface area contributed by atoms with Crippen molar-refractivity contribution in [3.63, 3.8) is 0 Å². The number of fused-ring (bicyclic) bond motifs is 1. The summed E-state index contributed by atoms with van der Waals surface area (Å²) in [5, 5.41) is 1.04. The number of nitrogens with zero attached hydrogens (tertiary/aromatic N) is 2. The maximum Gasteiger partial charge on any atom is 0.262 e. The van der Waals surface area contributed by atoms with Crippen LogP contribution in [0.15, 0.2) is 40.3 Å². The van der Waals surface area contributed by atoms with Gasteiger partial charge in [0.1, 0.15) is 10.6 Å². The molecule has 0 N–H and O–H groups in total. The summed E-state index contributed by atoms with van der Waals surface area (Å²) in [6, 6.07) is 7.68. The molecule has 4 nitrogen and oxygen atoms in total. The molecule has 7 heteroatoms. The van der Waals surface area contributed by atoms with Crippen LogP contribution in [0.3, 0.4) is 0 Å². The van der Waals surface area contributed by atoms with E-state index in [1.54, 1.807) is 13.1 Å². The smallest absolute Gasteiger partial charge is 0.262 e. The number of benzene rings is 1. The van der Waals surface area contributed by atoms with Crippen LogP contribution < -0.4 is 5.56 Å². The molecule has 0 atom stereocenters. The van der Waals surface area contributed by atoms with Crippen LogP contribution in [0.2, 0.25) is 0 Å². The number of carbonyl (C=O) groups excluding carboxylic acids is 1. The maximum absolute atomic E-state index is 13.6. The van der Waals surface area contributed by atoms with E-state index in [9.17, 15) is 14.0 Å². The molecule has 0 fully saturated rings. The van der Waals surface area contributed by atoms with Crippen molar-refractivity contribution in [3.8, 4) is 0 Å². The number of thioether (sulfide) groups is 1. The van der Waals surface area contributed by atoms with Gasteiger partial charge in [-0.25, -0.2) is 9.37 Å². The molecule has 0 aliphatic rings. The maximum atomic E-state index is 13.6. The molecule has 0 bridgehead atoms. The van der Waals surface area contributed by atoms with Crippen molar-refractivity contribution in [2.75, 3.05) is 5.75 Å².